The van der Waals surface area contributed by atoms with Gasteiger partial charge in [-0.3, -0.25) is 25.0 Å². The standard InChI is InChI=1S/C25H31N5O4S2/c31-23(14-17-3-1-4-19(13-17)36(32,33)29-9-11-34-12-10-29)30(18-6-7-18)25-28-22(16-35-25)21-15-27-24-20(21)5-2-8-26-24/h1-5,8,13,18,20-22,24,27H,6-7,9-12,14-16H2. The summed E-state index contributed by atoms with van der Waals surface area (Å²) < 4.78 is 32.9. The monoisotopic (exact) mass is 529 g/mol. The summed E-state index contributed by atoms with van der Waals surface area (Å²) >= 11 is 1.67. The van der Waals surface area contributed by atoms with Crippen LogP contribution in [-0.4, -0.2) is 91.8 Å². The molecule has 1 amide bonds. The minimum Gasteiger partial charge on any atom is -0.379 e. The maximum absolute atomic E-state index is 13.5. The Hall–Kier alpha value is -2.05. The summed E-state index contributed by atoms with van der Waals surface area (Å²) in [5.41, 5.74) is 0.702. The van der Waals surface area contributed by atoms with Gasteiger partial charge < -0.3 is 4.74 Å². The molecule has 0 bridgehead atoms. The number of hydrogen-bond acceptors (Lipinski definition) is 8. The van der Waals surface area contributed by atoms with E-state index in [0.29, 0.717) is 43.7 Å². The fraction of sp³-hybridized carbons (Fsp3) is 0.560. The number of allylic oxidation sites excluding steroid dienone is 1. The Morgan fingerprint density at radius 1 is 1.25 bits per heavy atom. The third-order valence-electron chi connectivity index (χ3n) is 7.49. The summed E-state index contributed by atoms with van der Waals surface area (Å²) in [6, 6.07) is 7.14. The van der Waals surface area contributed by atoms with Crippen molar-refractivity contribution in [2.24, 2.45) is 21.8 Å². The average Bonchev–Trinajstić information content (AvgIpc) is 3.44. The minimum atomic E-state index is -3.61. The number of carbonyl (C=O) groups excluding carboxylic acids is 1. The van der Waals surface area contributed by atoms with Gasteiger partial charge in [0.25, 0.3) is 0 Å². The zero-order chi connectivity index (χ0) is 24.7. The van der Waals surface area contributed by atoms with E-state index in [4.69, 9.17) is 9.73 Å². The Bertz CT molecular complexity index is 1210. The summed E-state index contributed by atoms with van der Waals surface area (Å²) in [6.45, 7) is 2.37. The Balaban J connectivity index is 1.17. The van der Waals surface area contributed by atoms with Gasteiger partial charge in [0, 0.05) is 49.5 Å². The second kappa shape index (κ2) is 10.0. The maximum Gasteiger partial charge on any atom is 0.243 e. The molecule has 6 rings (SSSR count). The Kier molecular flexibility index (Phi) is 6.76. The number of amides is 1. The fourth-order valence-electron chi connectivity index (χ4n) is 5.41. The molecule has 4 aliphatic heterocycles. The molecule has 1 aromatic carbocycles. The molecule has 4 heterocycles. The number of aliphatic imine (C=N–C) groups is 2. The number of nitrogens with zero attached hydrogens (tertiary/aromatic N) is 4. The van der Waals surface area contributed by atoms with Gasteiger partial charge in [-0.15, -0.1) is 0 Å². The second-order valence-electron chi connectivity index (χ2n) is 9.90. The third-order valence-corrected chi connectivity index (χ3v) is 10.5. The van der Waals surface area contributed by atoms with Gasteiger partial charge in [-0.25, -0.2) is 8.42 Å². The van der Waals surface area contributed by atoms with Gasteiger partial charge in [-0.2, -0.15) is 4.31 Å². The lowest BCUT2D eigenvalue weighted by atomic mass is 9.87. The van der Waals surface area contributed by atoms with Crippen LogP contribution in [0.25, 0.3) is 0 Å². The van der Waals surface area contributed by atoms with Crippen LogP contribution in [0.3, 0.4) is 0 Å². The van der Waals surface area contributed by atoms with Crippen LogP contribution >= 0.6 is 11.8 Å². The van der Waals surface area contributed by atoms with Crippen LogP contribution in [0.15, 0.2) is 51.3 Å². The van der Waals surface area contributed by atoms with E-state index >= 15 is 0 Å². The van der Waals surface area contributed by atoms with Gasteiger partial charge in [0.15, 0.2) is 5.17 Å². The molecule has 1 N–H and O–H groups in total. The van der Waals surface area contributed by atoms with Crippen molar-refractivity contribution in [2.75, 3.05) is 38.6 Å². The van der Waals surface area contributed by atoms with Gasteiger partial charge in [-0.1, -0.05) is 30.0 Å². The topological polar surface area (TPSA) is 104 Å². The molecular formula is C25H31N5O4S2. The predicted molar refractivity (Wildman–Crippen MR) is 140 cm³/mol. The van der Waals surface area contributed by atoms with Crippen molar-refractivity contribution >= 4 is 39.1 Å². The Morgan fingerprint density at radius 3 is 2.89 bits per heavy atom. The molecular weight excluding hydrogens is 498 g/mol. The first kappa shape index (κ1) is 24.3. The molecule has 4 atom stereocenters. The molecule has 0 aromatic heterocycles. The number of hydrogen-bond donors (Lipinski definition) is 1. The summed E-state index contributed by atoms with van der Waals surface area (Å²) in [4.78, 5) is 25.2. The van der Waals surface area contributed by atoms with Crippen LogP contribution in [0.5, 0.6) is 0 Å². The molecule has 3 fully saturated rings. The van der Waals surface area contributed by atoms with Crippen LogP contribution in [-0.2, 0) is 26.0 Å². The van der Waals surface area contributed by atoms with Gasteiger partial charge >= 0.3 is 0 Å². The summed E-state index contributed by atoms with van der Waals surface area (Å²) in [7, 11) is -3.61. The van der Waals surface area contributed by atoms with E-state index in [1.165, 1.54) is 4.31 Å². The smallest absolute Gasteiger partial charge is 0.243 e. The molecule has 9 nitrogen and oxygen atoms in total. The maximum atomic E-state index is 13.5. The third kappa shape index (κ3) is 4.79. The lowest BCUT2D eigenvalue weighted by molar-refractivity contribution is -0.126. The first-order valence-corrected chi connectivity index (χ1v) is 15.1. The normalized spacial score (nSPS) is 30.3. The van der Waals surface area contributed by atoms with Crippen LogP contribution in [0.2, 0.25) is 0 Å². The largest absolute Gasteiger partial charge is 0.379 e. The zero-order valence-corrected chi connectivity index (χ0v) is 21.7. The highest BCUT2D eigenvalue weighted by Crippen LogP contribution is 2.38. The number of fused-ring (bicyclic) bond motifs is 1. The van der Waals surface area contributed by atoms with E-state index in [2.05, 4.69) is 16.4 Å². The number of rotatable bonds is 6. The highest BCUT2D eigenvalue weighted by molar-refractivity contribution is 8.14. The molecule has 4 unspecified atom stereocenters. The van der Waals surface area contributed by atoms with Crippen LogP contribution in [0, 0.1) is 11.8 Å². The van der Waals surface area contributed by atoms with Crippen molar-refractivity contribution in [1.29, 1.82) is 0 Å². The number of dihydropyridines is 1. The lowest BCUT2D eigenvalue weighted by Gasteiger charge is -2.26. The van der Waals surface area contributed by atoms with Gasteiger partial charge in [0.05, 0.1) is 30.6 Å². The Labute approximate surface area is 216 Å². The van der Waals surface area contributed by atoms with E-state index in [9.17, 15) is 13.2 Å². The number of nitrogens with one attached hydrogen (secondary N) is 1. The molecule has 11 heteroatoms. The van der Waals surface area contributed by atoms with Gasteiger partial charge in [0.2, 0.25) is 15.9 Å². The van der Waals surface area contributed by atoms with Crippen molar-refractivity contribution in [2.45, 2.75) is 42.4 Å². The molecule has 5 aliphatic rings. The number of carbonyl (C=O) groups is 1. The number of thioether (sulfide) groups is 1. The van der Waals surface area contributed by atoms with Gasteiger partial charge in [-0.05, 0) is 36.6 Å². The summed E-state index contributed by atoms with van der Waals surface area (Å²) in [5.74, 6) is 1.55. The number of sulfonamides is 1. The van der Waals surface area contributed by atoms with Crippen LogP contribution in [0.4, 0.5) is 0 Å². The van der Waals surface area contributed by atoms with Gasteiger partial charge in [0.1, 0.15) is 6.17 Å². The molecule has 192 valence electrons. The number of morpholine rings is 1. The zero-order valence-electron chi connectivity index (χ0n) is 20.0. The molecule has 1 aromatic rings. The van der Waals surface area contributed by atoms with Crippen molar-refractivity contribution < 1.29 is 17.9 Å². The second-order valence-corrected chi connectivity index (χ2v) is 12.8. The molecule has 1 saturated carbocycles. The van der Waals surface area contributed by atoms with E-state index in [0.717, 1.165) is 30.3 Å². The van der Waals surface area contributed by atoms with E-state index < -0.39 is 10.0 Å². The minimum absolute atomic E-state index is 0.0186. The highest BCUT2D eigenvalue weighted by atomic mass is 32.2. The Morgan fingerprint density at radius 2 is 2.08 bits per heavy atom. The molecule has 0 spiro atoms. The molecule has 1 aliphatic carbocycles. The summed E-state index contributed by atoms with van der Waals surface area (Å²) in [6.07, 6.45) is 8.34. The van der Waals surface area contributed by atoms with Crippen molar-refractivity contribution in [3.8, 4) is 0 Å². The van der Waals surface area contributed by atoms with E-state index in [1.54, 1.807) is 30.0 Å². The van der Waals surface area contributed by atoms with Crippen LogP contribution in [0.1, 0.15) is 18.4 Å². The van der Waals surface area contributed by atoms with E-state index in [-0.39, 0.29) is 35.5 Å². The predicted octanol–water partition coefficient (Wildman–Crippen LogP) is 1.51. The number of amidine groups is 1. The quantitative estimate of drug-likeness (QED) is 0.599. The average molecular weight is 530 g/mol. The highest BCUT2D eigenvalue weighted by Gasteiger charge is 2.44. The molecule has 2 saturated heterocycles. The van der Waals surface area contributed by atoms with Crippen LogP contribution < -0.4 is 5.32 Å². The summed E-state index contributed by atoms with van der Waals surface area (Å²) in [5, 5.41) is 4.31. The van der Waals surface area contributed by atoms with E-state index in [1.807, 2.05) is 23.3 Å². The van der Waals surface area contributed by atoms with Crippen molar-refractivity contribution in [3.63, 3.8) is 0 Å². The molecule has 36 heavy (non-hydrogen) atoms. The van der Waals surface area contributed by atoms with Crippen molar-refractivity contribution in [1.82, 2.24) is 14.5 Å². The fourth-order valence-corrected chi connectivity index (χ4v) is 8.13. The SMILES string of the molecule is O=C(Cc1cccc(S(=O)(=O)N2CCOCC2)c1)N(C1=NC(C2CNC3N=CC=CC32)CS1)C1CC1. The first-order valence-electron chi connectivity index (χ1n) is 12.6. The first-order chi connectivity index (χ1) is 17.5. The lowest BCUT2D eigenvalue weighted by Crippen LogP contribution is -2.40. The number of benzene rings is 1. The van der Waals surface area contributed by atoms with Crippen molar-refractivity contribution in [3.05, 3.63) is 42.0 Å². The molecule has 0 radical (unpaired) electrons. The number of ether oxygens (including phenoxy) is 1.